The Labute approximate surface area is 120 Å². The summed E-state index contributed by atoms with van der Waals surface area (Å²) in [6, 6.07) is 8.58. The SMILES string of the molecule is C=CCCOCc1oc2ccccc2c1CNC(C)C. The molecule has 0 spiro atoms. The average molecular weight is 273 g/mol. The Hall–Kier alpha value is -1.58. The quantitative estimate of drug-likeness (QED) is 0.582. The van der Waals surface area contributed by atoms with Gasteiger partial charge in [0.15, 0.2) is 0 Å². The molecule has 0 atom stereocenters. The summed E-state index contributed by atoms with van der Waals surface area (Å²) in [7, 11) is 0. The smallest absolute Gasteiger partial charge is 0.135 e. The molecule has 1 aromatic carbocycles. The standard InChI is InChI=1S/C17H23NO2/c1-4-5-10-19-12-17-15(11-18-13(2)3)14-8-6-7-9-16(14)20-17/h4,6-9,13,18H,1,5,10-12H2,2-3H3. The molecular formula is C17H23NO2. The molecule has 0 saturated heterocycles. The van der Waals surface area contributed by atoms with Gasteiger partial charge in [0.25, 0.3) is 0 Å². The van der Waals surface area contributed by atoms with Crippen molar-refractivity contribution in [3.63, 3.8) is 0 Å². The minimum absolute atomic E-state index is 0.443. The van der Waals surface area contributed by atoms with Crippen molar-refractivity contribution in [2.75, 3.05) is 6.61 Å². The lowest BCUT2D eigenvalue weighted by Gasteiger charge is -2.09. The number of nitrogens with one attached hydrogen (secondary N) is 1. The summed E-state index contributed by atoms with van der Waals surface area (Å²) >= 11 is 0. The van der Waals surface area contributed by atoms with E-state index in [1.54, 1.807) is 0 Å². The molecule has 1 heterocycles. The Bertz CT molecular complexity index is 557. The van der Waals surface area contributed by atoms with Gasteiger partial charge in [-0.25, -0.2) is 0 Å². The monoisotopic (exact) mass is 273 g/mol. The van der Waals surface area contributed by atoms with Gasteiger partial charge in [0, 0.05) is 23.5 Å². The first-order chi connectivity index (χ1) is 9.72. The van der Waals surface area contributed by atoms with Crippen molar-refractivity contribution in [3.05, 3.63) is 48.2 Å². The molecule has 3 nitrogen and oxygen atoms in total. The number of furan rings is 1. The molecule has 0 aliphatic heterocycles. The highest BCUT2D eigenvalue weighted by Gasteiger charge is 2.13. The minimum atomic E-state index is 0.443. The third kappa shape index (κ3) is 3.71. The fourth-order valence-corrected chi connectivity index (χ4v) is 2.10. The molecule has 20 heavy (non-hydrogen) atoms. The molecule has 1 aromatic heterocycles. The van der Waals surface area contributed by atoms with Gasteiger partial charge < -0.3 is 14.5 Å². The number of hydrogen-bond acceptors (Lipinski definition) is 3. The second-order valence-corrected chi connectivity index (χ2v) is 5.17. The maximum Gasteiger partial charge on any atom is 0.135 e. The Morgan fingerprint density at radius 2 is 2.15 bits per heavy atom. The molecule has 1 N–H and O–H groups in total. The van der Waals surface area contributed by atoms with Gasteiger partial charge in [-0.05, 0) is 12.5 Å². The molecule has 3 heteroatoms. The second-order valence-electron chi connectivity index (χ2n) is 5.17. The van der Waals surface area contributed by atoms with E-state index >= 15 is 0 Å². The minimum Gasteiger partial charge on any atom is -0.458 e. The van der Waals surface area contributed by atoms with Crippen LogP contribution in [-0.4, -0.2) is 12.6 Å². The Kier molecular flexibility index (Phi) is 5.39. The molecule has 108 valence electrons. The third-order valence-corrected chi connectivity index (χ3v) is 3.17. The topological polar surface area (TPSA) is 34.4 Å². The predicted octanol–water partition coefficient (Wildman–Crippen LogP) is 4.02. The van der Waals surface area contributed by atoms with E-state index in [0.29, 0.717) is 19.3 Å². The number of hydrogen-bond donors (Lipinski definition) is 1. The van der Waals surface area contributed by atoms with E-state index in [4.69, 9.17) is 9.15 Å². The van der Waals surface area contributed by atoms with E-state index in [0.717, 1.165) is 24.3 Å². The zero-order chi connectivity index (χ0) is 14.4. The first-order valence-corrected chi connectivity index (χ1v) is 7.13. The summed E-state index contributed by atoms with van der Waals surface area (Å²) in [6.07, 6.45) is 2.72. The van der Waals surface area contributed by atoms with Crippen LogP contribution >= 0.6 is 0 Å². The van der Waals surface area contributed by atoms with Crippen molar-refractivity contribution in [3.8, 4) is 0 Å². The molecule has 0 fully saturated rings. The third-order valence-electron chi connectivity index (χ3n) is 3.17. The van der Waals surface area contributed by atoms with E-state index < -0.39 is 0 Å². The fourth-order valence-electron chi connectivity index (χ4n) is 2.10. The molecule has 0 aliphatic rings. The molecular weight excluding hydrogens is 250 g/mol. The van der Waals surface area contributed by atoms with Crippen molar-refractivity contribution in [2.24, 2.45) is 0 Å². The molecule has 0 saturated carbocycles. The van der Waals surface area contributed by atoms with Crippen LogP contribution in [0.4, 0.5) is 0 Å². The normalized spacial score (nSPS) is 11.3. The van der Waals surface area contributed by atoms with Crippen LogP contribution < -0.4 is 5.32 Å². The zero-order valence-corrected chi connectivity index (χ0v) is 12.3. The lowest BCUT2D eigenvalue weighted by atomic mass is 10.1. The molecule has 2 aromatic rings. The van der Waals surface area contributed by atoms with Gasteiger partial charge in [0.1, 0.15) is 18.0 Å². The number of rotatable bonds is 8. The highest BCUT2D eigenvalue weighted by molar-refractivity contribution is 5.82. The van der Waals surface area contributed by atoms with Crippen molar-refractivity contribution in [2.45, 2.75) is 39.5 Å². The summed E-state index contributed by atoms with van der Waals surface area (Å²) in [5, 5.41) is 4.62. The summed E-state index contributed by atoms with van der Waals surface area (Å²) in [5.74, 6) is 0.920. The fraction of sp³-hybridized carbons (Fsp3) is 0.412. The van der Waals surface area contributed by atoms with Gasteiger partial charge in [-0.1, -0.05) is 38.1 Å². The molecule has 0 bridgehead atoms. The van der Waals surface area contributed by atoms with E-state index in [9.17, 15) is 0 Å². The summed E-state index contributed by atoms with van der Waals surface area (Å²) in [4.78, 5) is 0. The largest absolute Gasteiger partial charge is 0.458 e. The van der Waals surface area contributed by atoms with Crippen LogP contribution in [0.25, 0.3) is 11.0 Å². The van der Waals surface area contributed by atoms with Crippen LogP contribution in [0.5, 0.6) is 0 Å². The van der Waals surface area contributed by atoms with Crippen molar-refractivity contribution in [1.82, 2.24) is 5.32 Å². The lowest BCUT2D eigenvalue weighted by molar-refractivity contribution is 0.110. The molecule has 0 amide bonds. The highest BCUT2D eigenvalue weighted by Crippen LogP contribution is 2.26. The number of ether oxygens (including phenoxy) is 1. The maximum atomic E-state index is 5.92. The molecule has 0 radical (unpaired) electrons. The number of para-hydroxylation sites is 1. The van der Waals surface area contributed by atoms with Crippen molar-refractivity contribution in [1.29, 1.82) is 0 Å². The van der Waals surface area contributed by atoms with Crippen LogP contribution in [0.1, 0.15) is 31.6 Å². The maximum absolute atomic E-state index is 5.92. The summed E-state index contributed by atoms with van der Waals surface area (Å²) in [5.41, 5.74) is 2.13. The zero-order valence-electron chi connectivity index (χ0n) is 12.3. The predicted molar refractivity (Wildman–Crippen MR) is 82.7 cm³/mol. The second kappa shape index (κ2) is 7.27. The molecule has 0 unspecified atom stereocenters. The van der Waals surface area contributed by atoms with Gasteiger partial charge in [0.05, 0.1) is 6.61 Å². The average Bonchev–Trinajstić information content (AvgIpc) is 2.79. The van der Waals surface area contributed by atoms with E-state index in [1.165, 1.54) is 10.9 Å². The van der Waals surface area contributed by atoms with Crippen LogP contribution in [-0.2, 0) is 17.9 Å². The summed E-state index contributed by atoms with van der Waals surface area (Å²) < 4.78 is 11.6. The van der Waals surface area contributed by atoms with Crippen molar-refractivity contribution < 1.29 is 9.15 Å². The number of fused-ring (bicyclic) bond motifs is 1. The Morgan fingerprint density at radius 1 is 1.35 bits per heavy atom. The van der Waals surface area contributed by atoms with E-state index in [-0.39, 0.29) is 0 Å². The van der Waals surface area contributed by atoms with Gasteiger partial charge in [-0.2, -0.15) is 0 Å². The first kappa shape index (κ1) is 14.8. The van der Waals surface area contributed by atoms with Crippen LogP contribution in [0, 0.1) is 0 Å². The van der Waals surface area contributed by atoms with E-state index in [2.05, 4.69) is 31.8 Å². The highest BCUT2D eigenvalue weighted by atomic mass is 16.5. The number of benzene rings is 1. The Balaban J connectivity index is 2.17. The van der Waals surface area contributed by atoms with Crippen LogP contribution in [0.2, 0.25) is 0 Å². The first-order valence-electron chi connectivity index (χ1n) is 7.13. The van der Waals surface area contributed by atoms with Gasteiger partial charge in [-0.3, -0.25) is 0 Å². The van der Waals surface area contributed by atoms with Gasteiger partial charge >= 0.3 is 0 Å². The van der Waals surface area contributed by atoms with Gasteiger partial charge in [-0.15, -0.1) is 6.58 Å². The van der Waals surface area contributed by atoms with Crippen molar-refractivity contribution >= 4 is 11.0 Å². The van der Waals surface area contributed by atoms with E-state index in [1.807, 2.05) is 24.3 Å². The lowest BCUT2D eigenvalue weighted by Crippen LogP contribution is -2.22. The Morgan fingerprint density at radius 3 is 2.90 bits per heavy atom. The summed E-state index contributed by atoms with van der Waals surface area (Å²) in [6.45, 7) is 9.97. The molecule has 0 aliphatic carbocycles. The van der Waals surface area contributed by atoms with Gasteiger partial charge in [0.2, 0.25) is 0 Å². The van der Waals surface area contributed by atoms with Crippen LogP contribution in [0.15, 0.2) is 41.3 Å². The molecule has 2 rings (SSSR count). The van der Waals surface area contributed by atoms with Crippen LogP contribution in [0.3, 0.4) is 0 Å².